The van der Waals surface area contributed by atoms with Crippen LogP contribution in [-0.4, -0.2) is 26.9 Å². The fraction of sp³-hybridized carbons (Fsp3) is 0.579. The Balaban J connectivity index is 1.38. The van der Waals surface area contributed by atoms with Gasteiger partial charge in [-0.15, -0.1) is 0 Å². The number of aromatic nitrogens is 3. The molecule has 4 rings (SSSR count). The number of hydrogen-bond acceptors (Lipinski definition) is 5. The molecule has 2 heterocycles. The minimum Gasteiger partial charge on any atom is -0.350 e. The predicted molar refractivity (Wildman–Crippen MR) is 95.1 cm³/mol. The van der Waals surface area contributed by atoms with Gasteiger partial charge in [0.1, 0.15) is 0 Å². The van der Waals surface area contributed by atoms with E-state index in [0.717, 1.165) is 68.3 Å². The Morgan fingerprint density at radius 3 is 2.77 bits per heavy atom. The first kappa shape index (κ1) is 17.0. The van der Waals surface area contributed by atoms with Crippen LogP contribution >= 0.6 is 0 Å². The molecule has 2 aliphatic carbocycles. The van der Waals surface area contributed by atoms with Crippen molar-refractivity contribution in [3.63, 3.8) is 0 Å². The van der Waals surface area contributed by atoms with E-state index < -0.39 is 0 Å². The molecular weight excluding hydrogens is 332 g/mol. The van der Waals surface area contributed by atoms with Crippen LogP contribution in [0.5, 0.6) is 0 Å². The van der Waals surface area contributed by atoms with E-state index in [1.54, 1.807) is 16.8 Å². The number of nitrogens with one attached hydrogen (secondary N) is 1. The van der Waals surface area contributed by atoms with Gasteiger partial charge >= 0.3 is 0 Å². The second-order valence-electron chi connectivity index (χ2n) is 7.38. The first-order chi connectivity index (χ1) is 12.6. The second-order valence-corrected chi connectivity index (χ2v) is 7.38. The third-order valence-corrected chi connectivity index (χ3v) is 5.50. The van der Waals surface area contributed by atoms with Crippen molar-refractivity contribution in [3.8, 4) is 0 Å². The largest absolute Gasteiger partial charge is 0.350 e. The van der Waals surface area contributed by atoms with Crippen LogP contribution in [0.15, 0.2) is 21.5 Å². The van der Waals surface area contributed by atoms with Gasteiger partial charge in [0.15, 0.2) is 0 Å². The van der Waals surface area contributed by atoms with Crippen molar-refractivity contribution in [3.05, 3.63) is 45.2 Å². The molecule has 0 aliphatic heterocycles. The molecule has 0 unspecified atom stereocenters. The number of rotatable bonds is 3. The molecule has 2 aromatic heterocycles. The SMILES string of the molecule is Cc1ccc(=O)n(C2CCC(NC(=O)c3onc4c3CCCC4)CC2)n1. The van der Waals surface area contributed by atoms with Crippen molar-refractivity contribution < 1.29 is 9.32 Å². The predicted octanol–water partition coefficient (Wildman–Crippen LogP) is 2.33. The van der Waals surface area contributed by atoms with Crippen LogP contribution in [0.25, 0.3) is 0 Å². The van der Waals surface area contributed by atoms with E-state index in [9.17, 15) is 9.59 Å². The summed E-state index contributed by atoms with van der Waals surface area (Å²) in [6.07, 6.45) is 7.27. The second kappa shape index (κ2) is 7.05. The highest BCUT2D eigenvalue weighted by atomic mass is 16.5. The minimum absolute atomic E-state index is 0.0589. The summed E-state index contributed by atoms with van der Waals surface area (Å²) < 4.78 is 6.92. The lowest BCUT2D eigenvalue weighted by Gasteiger charge is -2.29. The summed E-state index contributed by atoms with van der Waals surface area (Å²) in [5.74, 6) is 0.230. The summed E-state index contributed by atoms with van der Waals surface area (Å²) in [4.78, 5) is 24.6. The van der Waals surface area contributed by atoms with Crippen LogP contribution in [0.1, 0.15) is 72.1 Å². The van der Waals surface area contributed by atoms with E-state index in [0.29, 0.717) is 5.76 Å². The number of amides is 1. The third-order valence-electron chi connectivity index (χ3n) is 5.50. The molecule has 2 aliphatic rings. The van der Waals surface area contributed by atoms with Crippen molar-refractivity contribution in [2.24, 2.45) is 0 Å². The Kier molecular flexibility index (Phi) is 4.61. The lowest BCUT2D eigenvalue weighted by Crippen LogP contribution is -2.39. The molecule has 7 heteroatoms. The molecule has 0 radical (unpaired) electrons. The summed E-state index contributed by atoms with van der Waals surface area (Å²) in [6.45, 7) is 1.89. The lowest BCUT2D eigenvalue weighted by atomic mass is 9.90. The first-order valence-electron chi connectivity index (χ1n) is 9.46. The Morgan fingerprint density at radius 2 is 1.96 bits per heavy atom. The zero-order chi connectivity index (χ0) is 18.1. The molecule has 7 nitrogen and oxygen atoms in total. The number of fused-ring (bicyclic) bond motifs is 1. The number of aryl methyl sites for hydroxylation is 2. The highest BCUT2D eigenvalue weighted by Gasteiger charge is 2.28. The van der Waals surface area contributed by atoms with Gasteiger partial charge in [-0.3, -0.25) is 9.59 Å². The van der Waals surface area contributed by atoms with Crippen molar-refractivity contribution in [1.29, 1.82) is 0 Å². The smallest absolute Gasteiger partial charge is 0.290 e. The quantitative estimate of drug-likeness (QED) is 0.911. The van der Waals surface area contributed by atoms with E-state index in [1.807, 2.05) is 6.92 Å². The molecule has 138 valence electrons. The zero-order valence-electron chi connectivity index (χ0n) is 15.0. The monoisotopic (exact) mass is 356 g/mol. The molecular formula is C19H24N4O3. The normalized spacial score (nSPS) is 22.7. The molecule has 0 saturated heterocycles. The summed E-state index contributed by atoms with van der Waals surface area (Å²) in [5, 5.41) is 11.5. The summed E-state index contributed by atoms with van der Waals surface area (Å²) in [7, 11) is 0. The third kappa shape index (κ3) is 3.30. The van der Waals surface area contributed by atoms with Gasteiger partial charge in [-0.25, -0.2) is 4.68 Å². The molecule has 1 N–H and O–H groups in total. The lowest BCUT2D eigenvalue weighted by molar-refractivity contribution is 0.0882. The number of nitrogens with zero attached hydrogens (tertiary/aromatic N) is 3. The standard InChI is InChI=1S/C19H24N4O3/c1-12-6-11-17(24)23(21-12)14-9-7-13(8-10-14)20-19(25)18-15-4-2-3-5-16(15)22-26-18/h6,11,13-14H,2-5,7-10H2,1H3,(H,20,25). The minimum atomic E-state index is -0.157. The number of carbonyl (C=O) groups excluding carboxylic acids is 1. The Labute approximate surface area is 151 Å². The van der Waals surface area contributed by atoms with Crippen LogP contribution < -0.4 is 10.9 Å². The average Bonchev–Trinajstić information content (AvgIpc) is 3.09. The van der Waals surface area contributed by atoms with E-state index in [-0.39, 0.29) is 23.6 Å². The molecule has 0 aromatic carbocycles. The maximum absolute atomic E-state index is 12.6. The highest BCUT2D eigenvalue weighted by Crippen LogP contribution is 2.28. The van der Waals surface area contributed by atoms with E-state index in [2.05, 4.69) is 15.6 Å². The molecule has 1 saturated carbocycles. The summed E-state index contributed by atoms with van der Waals surface area (Å²) in [5.41, 5.74) is 2.71. The van der Waals surface area contributed by atoms with Gasteiger partial charge in [-0.1, -0.05) is 5.16 Å². The van der Waals surface area contributed by atoms with Crippen molar-refractivity contribution in [1.82, 2.24) is 20.3 Å². The summed E-state index contributed by atoms with van der Waals surface area (Å²) in [6, 6.07) is 3.52. The fourth-order valence-electron chi connectivity index (χ4n) is 4.07. The van der Waals surface area contributed by atoms with Crippen LogP contribution in [0, 0.1) is 6.92 Å². The van der Waals surface area contributed by atoms with Gasteiger partial charge in [0, 0.05) is 17.7 Å². The molecule has 0 bridgehead atoms. The Hall–Kier alpha value is -2.44. The Bertz CT molecular complexity index is 862. The zero-order valence-corrected chi connectivity index (χ0v) is 15.0. The van der Waals surface area contributed by atoms with Gasteiger partial charge in [0.2, 0.25) is 5.76 Å². The van der Waals surface area contributed by atoms with Crippen LogP contribution in [0.4, 0.5) is 0 Å². The maximum atomic E-state index is 12.6. The van der Waals surface area contributed by atoms with E-state index in [4.69, 9.17) is 4.52 Å². The number of hydrogen-bond donors (Lipinski definition) is 1. The fourth-order valence-corrected chi connectivity index (χ4v) is 4.07. The van der Waals surface area contributed by atoms with Gasteiger partial charge < -0.3 is 9.84 Å². The molecule has 2 aromatic rings. The maximum Gasteiger partial charge on any atom is 0.290 e. The molecule has 0 spiro atoms. The topological polar surface area (TPSA) is 90.0 Å². The first-order valence-corrected chi connectivity index (χ1v) is 9.46. The van der Waals surface area contributed by atoms with Crippen LogP contribution in [-0.2, 0) is 12.8 Å². The van der Waals surface area contributed by atoms with E-state index >= 15 is 0 Å². The molecule has 26 heavy (non-hydrogen) atoms. The van der Waals surface area contributed by atoms with E-state index in [1.165, 1.54) is 0 Å². The number of carbonyl (C=O) groups is 1. The van der Waals surface area contributed by atoms with Crippen LogP contribution in [0.2, 0.25) is 0 Å². The molecule has 1 fully saturated rings. The van der Waals surface area contributed by atoms with Gasteiger partial charge in [-0.2, -0.15) is 5.10 Å². The van der Waals surface area contributed by atoms with Crippen molar-refractivity contribution >= 4 is 5.91 Å². The van der Waals surface area contributed by atoms with Gasteiger partial charge in [0.05, 0.1) is 17.4 Å². The molecule has 1 amide bonds. The average molecular weight is 356 g/mol. The van der Waals surface area contributed by atoms with Crippen molar-refractivity contribution in [2.75, 3.05) is 0 Å². The molecule has 0 atom stereocenters. The van der Waals surface area contributed by atoms with Gasteiger partial charge in [0.25, 0.3) is 11.5 Å². The van der Waals surface area contributed by atoms with Crippen molar-refractivity contribution in [2.45, 2.75) is 70.4 Å². The Morgan fingerprint density at radius 1 is 1.19 bits per heavy atom. The van der Waals surface area contributed by atoms with Crippen LogP contribution in [0.3, 0.4) is 0 Å². The van der Waals surface area contributed by atoms with Gasteiger partial charge in [-0.05, 0) is 64.4 Å². The summed E-state index contributed by atoms with van der Waals surface area (Å²) >= 11 is 0. The highest BCUT2D eigenvalue weighted by molar-refractivity contribution is 5.93.